The third kappa shape index (κ3) is 6.86. The molecule has 84 valence electrons. The Kier molecular flexibility index (Phi) is 7.42. The van der Waals surface area contributed by atoms with Gasteiger partial charge in [-0.05, 0) is 37.9 Å². The third-order valence-electron chi connectivity index (χ3n) is 2.43. The minimum Gasteiger partial charge on any atom is -0.370 e. The molecule has 0 radical (unpaired) electrons. The Hall–Kier alpha value is -0.610. The molecule has 4 nitrogen and oxygen atoms in total. The van der Waals surface area contributed by atoms with E-state index in [1.54, 1.807) is 0 Å². The van der Waals surface area contributed by atoms with Crippen molar-refractivity contribution in [2.45, 2.75) is 26.7 Å². The Morgan fingerprint density at radius 1 is 1.43 bits per heavy atom. The molecule has 4 heteroatoms. The van der Waals surface area contributed by atoms with E-state index in [9.17, 15) is 4.79 Å². The Balaban J connectivity index is 3.38. The van der Waals surface area contributed by atoms with E-state index < -0.39 is 0 Å². The predicted octanol–water partition coefficient (Wildman–Crippen LogP) is 0.0724. The molecular weight excluding hydrogens is 178 g/mol. The van der Waals surface area contributed by atoms with E-state index >= 15 is 0 Å². The second-order valence-corrected chi connectivity index (χ2v) is 4.01. The van der Waals surface area contributed by atoms with Gasteiger partial charge in [0, 0.05) is 6.42 Å². The number of hydrogen-bond donors (Lipinski definition) is 3. The molecule has 0 aliphatic carbocycles. The molecule has 1 atom stereocenters. The van der Waals surface area contributed by atoms with E-state index in [4.69, 9.17) is 11.5 Å². The lowest BCUT2D eigenvalue weighted by molar-refractivity contribution is -0.118. The van der Waals surface area contributed by atoms with Gasteiger partial charge in [0.15, 0.2) is 0 Å². The van der Waals surface area contributed by atoms with Gasteiger partial charge in [-0.25, -0.2) is 0 Å². The van der Waals surface area contributed by atoms with Crippen LogP contribution in [0.1, 0.15) is 26.7 Å². The first kappa shape index (κ1) is 13.4. The fourth-order valence-electron chi connectivity index (χ4n) is 1.27. The second kappa shape index (κ2) is 7.76. The Bertz CT molecular complexity index is 159. The summed E-state index contributed by atoms with van der Waals surface area (Å²) in [6.45, 7) is 6.81. The summed E-state index contributed by atoms with van der Waals surface area (Å²) >= 11 is 0. The zero-order valence-corrected chi connectivity index (χ0v) is 9.25. The lowest BCUT2D eigenvalue weighted by Crippen LogP contribution is -2.32. The van der Waals surface area contributed by atoms with Gasteiger partial charge >= 0.3 is 0 Å². The van der Waals surface area contributed by atoms with E-state index in [1.165, 1.54) is 0 Å². The first-order valence-electron chi connectivity index (χ1n) is 5.27. The second-order valence-electron chi connectivity index (χ2n) is 4.01. The fourth-order valence-corrected chi connectivity index (χ4v) is 1.27. The largest absolute Gasteiger partial charge is 0.370 e. The molecule has 1 unspecified atom stereocenters. The maximum atomic E-state index is 10.4. The standard InChI is InChI=1S/C10H23N3O/c1-8(2)9(6-11)7-13-5-3-4-10(12)14/h8-9,13H,3-7,11H2,1-2H3,(H2,12,14). The first-order chi connectivity index (χ1) is 6.57. The summed E-state index contributed by atoms with van der Waals surface area (Å²) < 4.78 is 0. The van der Waals surface area contributed by atoms with Gasteiger partial charge in [-0.1, -0.05) is 13.8 Å². The zero-order chi connectivity index (χ0) is 11.0. The lowest BCUT2D eigenvalue weighted by atomic mass is 9.96. The smallest absolute Gasteiger partial charge is 0.217 e. The van der Waals surface area contributed by atoms with E-state index in [1.807, 2.05) is 0 Å². The molecule has 0 aromatic rings. The first-order valence-corrected chi connectivity index (χ1v) is 5.27. The van der Waals surface area contributed by atoms with Crippen molar-refractivity contribution in [2.75, 3.05) is 19.6 Å². The predicted molar refractivity (Wildman–Crippen MR) is 58.7 cm³/mol. The van der Waals surface area contributed by atoms with Crippen LogP contribution in [0.4, 0.5) is 0 Å². The highest BCUT2D eigenvalue weighted by Gasteiger charge is 2.09. The van der Waals surface area contributed by atoms with Gasteiger partial charge < -0.3 is 16.8 Å². The highest BCUT2D eigenvalue weighted by Crippen LogP contribution is 2.07. The molecule has 0 heterocycles. The van der Waals surface area contributed by atoms with Crippen molar-refractivity contribution in [3.05, 3.63) is 0 Å². The fraction of sp³-hybridized carbons (Fsp3) is 0.900. The van der Waals surface area contributed by atoms with Crippen LogP contribution in [-0.2, 0) is 4.79 Å². The summed E-state index contributed by atoms with van der Waals surface area (Å²) in [5.41, 5.74) is 10.6. The average molecular weight is 201 g/mol. The third-order valence-corrected chi connectivity index (χ3v) is 2.43. The number of amides is 1. The van der Waals surface area contributed by atoms with Gasteiger partial charge in [0.05, 0.1) is 0 Å². The number of primary amides is 1. The van der Waals surface area contributed by atoms with Crippen LogP contribution >= 0.6 is 0 Å². The summed E-state index contributed by atoms with van der Waals surface area (Å²) in [5, 5.41) is 3.29. The number of rotatable bonds is 8. The maximum Gasteiger partial charge on any atom is 0.217 e. The lowest BCUT2D eigenvalue weighted by Gasteiger charge is -2.19. The summed E-state index contributed by atoms with van der Waals surface area (Å²) in [5.74, 6) is 0.887. The molecule has 0 aliphatic heterocycles. The van der Waals surface area contributed by atoms with Crippen LogP contribution in [0.3, 0.4) is 0 Å². The summed E-state index contributed by atoms with van der Waals surface area (Å²) in [6, 6.07) is 0. The van der Waals surface area contributed by atoms with Crippen molar-refractivity contribution in [3.63, 3.8) is 0 Å². The highest BCUT2D eigenvalue weighted by molar-refractivity contribution is 5.73. The number of hydrogen-bond acceptors (Lipinski definition) is 3. The topological polar surface area (TPSA) is 81.1 Å². The van der Waals surface area contributed by atoms with Crippen LogP contribution in [0.15, 0.2) is 0 Å². The Morgan fingerprint density at radius 3 is 2.50 bits per heavy atom. The van der Waals surface area contributed by atoms with Gasteiger partial charge in [-0.15, -0.1) is 0 Å². The Morgan fingerprint density at radius 2 is 2.07 bits per heavy atom. The van der Waals surface area contributed by atoms with Crippen molar-refractivity contribution in [2.24, 2.45) is 23.3 Å². The molecule has 1 amide bonds. The van der Waals surface area contributed by atoms with Crippen LogP contribution in [0.2, 0.25) is 0 Å². The summed E-state index contributed by atoms with van der Waals surface area (Å²) in [4.78, 5) is 10.4. The van der Waals surface area contributed by atoms with Crippen LogP contribution in [0.25, 0.3) is 0 Å². The van der Waals surface area contributed by atoms with Crippen molar-refractivity contribution < 1.29 is 4.79 Å². The van der Waals surface area contributed by atoms with Crippen molar-refractivity contribution in [1.82, 2.24) is 5.32 Å². The van der Waals surface area contributed by atoms with E-state index in [-0.39, 0.29) is 5.91 Å². The van der Waals surface area contributed by atoms with Crippen molar-refractivity contribution >= 4 is 5.91 Å². The number of nitrogens with two attached hydrogens (primary N) is 2. The van der Waals surface area contributed by atoms with Crippen molar-refractivity contribution in [1.29, 1.82) is 0 Å². The molecule has 0 fully saturated rings. The molecule has 0 bridgehead atoms. The quantitative estimate of drug-likeness (QED) is 0.486. The molecular formula is C10H23N3O. The van der Waals surface area contributed by atoms with Crippen LogP contribution in [0.5, 0.6) is 0 Å². The normalized spacial score (nSPS) is 13.1. The minimum absolute atomic E-state index is 0.231. The SMILES string of the molecule is CC(C)C(CN)CNCCCC(N)=O. The number of nitrogens with one attached hydrogen (secondary N) is 1. The zero-order valence-electron chi connectivity index (χ0n) is 9.25. The average Bonchev–Trinajstić information content (AvgIpc) is 2.10. The Labute approximate surface area is 86.4 Å². The van der Waals surface area contributed by atoms with Crippen LogP contribution in [-0.4, -0.2) is 25.5 Å². The van der Waals surface area contributed by atoms with Crippen LogP contribution in [0, 0.1) is 11.8 Å². The molecule has 14 heavy (non-hydrogen) atoms. The van der Waals surface area contributed by atoms with E-state index in [0.717, 1.165) is 19.5 Å². The molecule has 5 N–H and O–H groups in total. The van der Waals surface area contributed by atoms with E-state index in [2.05, 4.69) is 19.2 Å². The number of carbonyl (C=O) groups excluding carboxylic acids is 1. The summed E-state index contributed by atoms with van der Waals surface area (Å²) in [6.07, 6.45) is 1.27. The highest BCUT2D eigenvalue weighted by atomic mass is 16.1. The molecule has 0 spiro atoms. The molecule has 0 aromatic carbocycles. The van der Waals surface area contributed by atoms with E-state index in [0.29, 0.717) is 24.8 Å². The van der Waals surface area contributed by atoms with Gasteiger partial charge in [0.1, 0.15) is 0 Å². The molecule has 0 saturated carbocycles. The molecule has 0 aliphatic rings. The molecule has 0 aromatic heterocycles. The maximum absolute atomic E-state index is 10.4. The monoisotopic (exact) mass is 201 g/mol. The van der Waals surface area contributed by atoms with Gasteiger partial charge in [-0.3, -0.25) is 4.79 Å². The molecule has 0 rings (SSSR count). The minimum atomic E-state index is -0.231. The van der Waals surface area contributed by atoms with Gasteiger partial charge in [-0.2, -0.15) is 0 Å². The van der Waals surface area contributed by atoms with Gasteiger partial charge in [0.25, 0.3) is 0 Å². The van der Waals surface area contributed by atoms with Crippen LogP contribution < -0.4 is 16.8 Å². The molecule has 0 saturated heterocycles. The summed E-state index contributed by atoms with van der Waals surface area (Å²) in [7, 11) is 0. The van der Waals surface area contributed by atoms with Gasteiger partial charge in [0.2, 0.25) is 5.91 Å². The number of carbonyl (C=O) groups is 1. The van der Waals surface area contributed by atoms with Crippen molar-refractivity contribution in [3.8, 4) is 0 Å².